The molecule has 0 aliphatic carbocycles. The summed E-state index contributed by atoms with van der Waals surface area (Å²) >= 11 is 0. The topological polar surface area (TPSA) is 15.3 Å². The molecular weight excluding hydrogens is 232 g/mol. The van der Waals surface area contributed by atoms with Gasteiger partial charge in [0.25, 0.3) is 0 Å². The largest absolute Gasteiger partial charge is 0.384 e. The summed E-state index contributed by atoms with van der Waals surface area (Å²) in [7, 11) is 0. The number of hydrogen-bond acceptors (Lipinski definition) is 2. The zero-order chi connectivity index (χ0) is 13.1. The van der Waals surface area contributed by atoms with Crippen molar-refractivity contribution in [1.82, 2.24) is 4.90 Å². The fourth-order valence-corrected chi connectivity index (χ4v) is 3.75. The molecule has 0 amide bonds. The summed E-state index contributed by atoms with van der Waals surface area (Å²) in [6, 6.07) is 9.66. The molecule has 2 unspecified atom stereocenters. The van der Waals surface area contributed by atoms with Crippen molar-refractivity contribution in [2.75, 3.05) is 25.0 Å². The number of para-hydroxylation sites is 1. The fraction of sp³-hybridized carbons (Fsp3) is 0.647. The van der Waals surface area contributed by atoms with Gasteiger partial charge in [0.05, 0.1) is 0 Å². The molecule has 0 saturated carbocycles. The number of anilines is 1. The van der Waals surface area contributed by atoms with Gasteiger partial charge in [0, 0.05) is 24.2 Å². The van der Waals surface area contributed by atoms with Crippen LogP contribution in [0.2, 0.25) is 0 Å². The van der Waals surface area contributed by atoms with Gasteiger partial charge in [-0.2, -0.15) is 0 Å². The highest BCUT2D eigenvalue weighted by Crippen LogP contribution is 2.33. The zero-order valence-corrected chi connectivity index (χ0v) is 12.1. The van der Waals surface area contributed by atoms with Crippen LogP contribution in [0.4, 0.5) is 5.69 Å². The van der Waals surface area contributed by atoms with E-state index in [1.807, 2.05) is 0 Å². The van der Waals surface area contributed by atoms with E-state index in [2.05, 4.69) is 41.4 Å². The van der Waals surface area contributed by atoms with Gasteiger partial charge in [-0.3, -0.25) is 0 Å². The third-order valence-corrected chi connectivity index (χ3v) is 4.92. The van der Waals surface area contributed by atoms with Gasteiger partial charge in [-0.15, -0.1) is 0 Å². The Balaban J connectivity index is 1.58. The molecule has 3 rings (SSSR count). The molecule has 0 radical (unpaired) electrons. The number of piperidine rings is 1. The molecule has 1 fully saturated rings. The monoisotopic (exact) mass is 258 g/mol. The SMILES string of the molecule is CCC1CCCCN1CCC1CNc2ccccc21. The first-order chi connectivity index (χ1) is 9.38. The maximum atomic E-state index is 3.54. The normalized spacial score (nSPS) is 27.0. The summed E-state index contributed by atoms with van der Waals surface area (Å²) in [5.74, 6) is 0.718. The molecule has 2 heteroatoms. The molecule has 1 aromatic rings. The van der Waals surface area contributed by atoms with Crippen LogP contribution in [-0.4, -0.2) is 30.6 Å². The van der Waals surface area contributed by atoms with Crippen LogP contribution in [0.1, 0.15) is 50.5 Å². The van der Waals surface area contributed by atoms with Crippen LogP contribution in [0.3, 0.4) is 0 Å². The third kappa shape index (κ3) is 2.79. The Labute approximate surface area is 117 Å². The van der Waals surface area contributed by atoms with Crippen LogP contribution in [0.15, 0.2) is 24.3 Å². The van der Waals surface area contributed by atoms with E-state index in [-0.39, 0.29) is 0 Å². The minimum atomic E-state index is 0.718. The molecule has 2 atom stereocenters. The van der Waals surface area contributed by atoms with E-state index in [9.17, 15) is 0 Å². The van der Waals surface area contributed by atoms with Crippen molar-refractivity contribution < 1.29 is 0 Å². The van der Waals surface area contributed by atoms with Crippen molar-refractivity contribution >= 4 is 5.69 Å². The van der Waals surface area contributed by atoms with E-state index < -0.39 is 0 Å². The molecule has 104 valence electrons. The zero-order valence-electron chi connectivity index (χ0n) is 12.1. The van der Waals surface area contributed by atoms with Crippen molar-refractivity contribution in [3.63, 3.8) is 0 Å². The maximum Gasteiger partial charge on any atom is 0.0376 e. The maximum absolute atomic E-state index is 3.54. The fourth-order valence-electron chi connectivity index (χ4n) is 3.75. The molecule has 19 heavy (non-hydrogen) atoms. The standard InChI is InChI=1S/C17H26N2/c1-2-15-7-5-6-11-19(15)12-10-14-13-18-17-9-4-3-8-16(14)17/h3-4,8-9,14-15,18H,2,5-7,10-13H2,1H3. The van der Waals surface area contributed by atoms with E-state index in [1.54, 1.807) is 0 Å². The van der Waals surface area contributed by atoms with Gasteiger partial charge < -0.3 is 10.2 Å². The van der Waals surface area contributed by atoms with E-state index in [0.29, 0.717) is 0 Å². The van der Waals surface area contributed by atoms with Gasteiger partial charge in [-0.25, -0.2) is 0 Å². The first kappa shape index (κ1) is 13.0. The first-order valence-electron chi connectivity index (χ1n) is 7.95. The molecule has 1 saturated heterocycles. The lowest BCUT2D eigenvalue weighted by molar-refractivity contribution is 0.140. The Morgan fingerprint density at radius 1 is 1.26 bits per heavy atom. The molecule has 2 nitrogen and oxygen atoms in total. The molecule has 2 aliphatic heterocycles. The lowest BCUT2D eigenvalue weighted by Crippen LogP contribution is -2.40. The smallest absolute Gasteiger partial charge is 0.0376 e. The van der Waals surface area contributed by atoms with Crippen molar-refractivity contribution in [3.8, 4) is 0 Å². The van der Waals surface area contributed by atoms with Crippen LogP contribution in [0, 0.1) is 0 Å². The predicted octanol–water partition coefficient (Wildman–Crippen LogP) is 3.85. The lowest BCUT2D eigenvalue weighted by Gasteiger charge is -2.35. The van der Waals surface area contributed by atoms with Gasteiger partial charge in [0.2, 0.25) is 0 Å². The average molecular weight is 258 g/mol. The van der Waals surface area contributed by atoms with Crippen molar-refractivity contribution in [3.05, 3.63) is 29.8 Å². The van der Waals surface area contributed by atoms with Crippen LogP contribution in [-0.2, 0) is 0 Å². The molecule has 1 aromatic carbocycles. The first-order valence-corrected chi connectivity index (χ1v) is 7.95. The Bertz CT molecular complexity index is 415. The Hall–Kier alpha value is -1.02. The average Bonchev–Trinajstić information content (AvgIpc) is 2.89. The lowest BCUT2D eigenvalue weighted by atomic mass is 9.95. The predicted molar refractivity (Wildman–Crippen MR) is 81.8 cm³/mol. The van der Waals surface area contributed by atoms with Crippen LogP contribution >= 0.6 is 0 Å². The number of benzene rings is 1. The molecule has 0 aromatic heterocycles. The van der Waals surface area contributed by atoms with E-state index >= 15 is 0 Å². The molecule has 2 aliphatic rings. The van der Waals surface area contributed by atoms with E-state index in [0.717, 1.165) is 18.5 Å². The number of nitrogens with one attached hydrogen (secondary N) is 1. The van der Waals surface area contributed by atoms with Crippen LogP contribution in [0.25, 0.3) is 0 Å². The highest BCUT2D eigenvalue weighted by atomic mass is 15.2. The van der Waals surface area contributed by atoms with Crippen molar-refractivity contribution in [1.29, 1.82) is 0 Å². The van der Waals surface area contributed by atoms with Gasteiger partial charge in [0.15, 0.2) is 0 Å². The summed E-state index contributed by atoms with van der Waals surface area (Å²) in [4.78, 5) is 2.74. The highest BCUT2D eigenvalue weighted by Gasteiger charge is 2.25. The Kier molecular flexibility index (Phi) is 4.07. The molecule has 1 N–H and O–H groups in total. The summed E-state index contributed by atoms with van der Waals surface area (Å²) in [6.45, 7) is 6.07. The van der Waals surface area contributed by atoms with Gasteiger partial charge in [0.1, 0.15) is 0 Å². The molecular formula is C17H26N2. The van der Waals surface area contributed by atoms with E-state index in [1.165, 1.54) is 56.4 Å². The second kappa shape index (κ2) is 5.96. The Morgan fingerprint density at radius 3 is 3.05 bits per heavy atom. The van der Waals surface area contributed by atoms with Crippen LogP contribution in [0.5, 0.6) is 0 Å². The summed E-state index contributed by atoms with van der Waals surface area (Å²) in [5.41, 5.74) is 2.89. The number of fused-ring (bicyclic) bond motifs is 1. The van der Waals surface area contributed by atoms with Gasteiger partial charge >= 0.3 is 0 Å². The molecule has 0 bridgehead atoms. The Morgan fingerprint density at radius 2 is 2.16 bits per heavy atom. The van der Waals surface area contributed by atoms with Gasteiger partial charge in [-0.1, -0.05) is 31.5 Å². The number of nitrogens with zero attached hydrogens (tertiary/aromatic N) is 1. The number of likely N-dealkylation sites (tertiary alicyclic amines) is 1. The minimum absolute atomic E-state index is 0.718. The molecule has 0 spiro atoms. The summed E-state index contributed by atoms with van der Waals surface area (Å²) < 4.78 is 0. The summed E-state index contributed by atoms with van der Waals surface area (Å²) in [6.07, 6.45) is 6.87. The number of rotatable bonds is 4. The quantitative estimate of drug-likeness (QED) is 0.882. The highest BCUT2D eigenvalue weighted by molar-refractivity contribution is 5.57. The minimum Gasteiger partial charge on any atom is -0.384 e. The van der Waals surface area contributed by atoms with E-state index in [4.69, 9.17) is 0 Å². The second-order valence-corrected chi connectivity index (χ2v) is 6.05. The second-order valence-electron chi connectivity index (χ2n) is 6.05. The summed E-state index contributed by atoms with van der Waals surface area (Å²) in [5, 5.41) is 3.54. The van der Waals surface area contributed by atoms with Crippen molar-refractivity contribution in [2.45, 2.75) is 51.0 Å². The third-order valence-electron chi connectivity index (χ3n) is 4.92. The van der Waals surface area contributed by atoms with Gasteiger partial charge in [-0.05, 0) is 50.4 Å². The van der Waals surface area contributed by atoms with Crippen molar-refractivity contribution in [2.24, 2.45) is 0 Å². The number of hydrogen-bond donors (Lipinski definition) is 1. The molecule has 2 heterocycles. The van der Waals surface area contributed by atoms with Crippen LogP contribution < -0.4 is 5.32 Å².